The van der Waals surface area contributed by atoms with Crippen LogP contribution in [0.2, 0.25) is 0 Å². The van der Waals surface area contributed by atoms with E-state index < -0.39 is 0 Å². The minimum Gasteiger partial charge on any atom is -0.462 e. The van der Waals surface area contributed by atoms with Crippen LogP contribution < -0.4 is 0 Å². The van der Waals surface area contributed by atoms with Gasteiger partial charge in [-0.05, 0) is 69.3 Å². The number of allylic oxidation sites excluding steroid dienone is 1. The highest BCUT2D eigenvalue weighted by molar-refractivity contribution is 5.66. The zero-order valence-electron chi connectivity index (χ0n) is 17.3. The Bertz CT molecular complexity index is 599. The number of esters is 1. The first-order valence-electron chi connectivity index (χ1n) is 10.2. The SMILES string of the molecule is CC(=O)OCC=C(C)CCC1(C)C(C)CCC2(C)C1CC(O)C1OC12C. The molecule has 0 radical (unpaired) electrons. The van der Waals surface area contributed by atoms with E-state index in [1.165, 1.54) is 25.3 Å². The third-order valence-electron chi connectivity index (χ3n) is 8.38. The molecule has 1 N–H and O–H groups in total. The summed E-state index contributed by atoms with van der Waals surface area (Å²) < 4.78 is 11.1. The molecule has 3 fully saturated rings. The molecule has 4 heteroatoms. The summed E-state index contributed by atoms with van der Waals surface area (Å²) in [6.07, 6.45) is 7.10. The summed E-state index contributed by atoms with van der Waals surface area (Å²) in [4.78, 5) is 10.9. The van der Waals surface area contributed by atoms with Gasteiger partial charge in [0.25, 0.3) is 0 Å². The standard InChI is InChI=1S/C22H36O4/c1-14(9-12-25-16(3)23)7-10-20(4)15(2)8-11-21(5)18(20)13-17(24)19-22(21,6)26-19/h9,15,17-19,24H,7-8,10-13H2,1-6H3. The first-order valence-corrected chi connectivity index (χ1v) is 10.2. The summed E-state index contributed by atoms with van der Waals surface area (Å²) in [5, 5.41) is 10.6. The van der Waals surface area contributed by atoms with Gasteiger partial charge in [-0.1, -0.05) is 26.3 Å². The first kappa shape index (κ1) is 19.9. The van der Waals surface area contributed by atoms with E-state index >= 15 is 0 Å². The largest absolute Gasteiger partial charge is 0.462 e. The van der Waals surface area contributed by atoms with Crippen LogP contribution in [0.4, 0.5) is 0 Å². The Morgan fingerprint density at radius 2 is 2.00 bits per heavy atom. The third-order valence-corrected chi connectivity index (χ3v) is 8.38. The summed E-state index contributed by atoms with van der Waals surface area (Å²) in [6, 6.07) is 0. The maximum absolute atomic E-state index is 10.9. The summed E-state index contributed by atoms with van der Waals surface area (Å²) in [7, 11) is 0. The van der Waals surface area contributed by atoms with Crippen molar-refractivity contribution in [1.29, 1.82) is 0 Å². The number of rotatable bonds is 5. The maximum atomic E-state index is 10.9. The molecule has 7 atom stereocenters. The number of hydrogen-bond acceptors (Lipinski definition) is 4. The first-order chi connectivity index (χ1) is 12.0. The highest BCUT2D eigenvalue weighted by Crippen LogP contribution is 2.70. The predicted octanol–water partition coefficient (Wildman–Crippen LogP) is 4.26. The summed E-state index contributed by atoms with van der Waals surface area (Å²) in [6.45, 7) is 13.4. The Hall–Kier alpha value is -0.870. The number of aliphatic hydroxyl groups is 1. The normalized spacial score (nSPS) is 47.7. The molecule has 0 amide bonds. The molecule has 3 aliphatic rings. The van der Waals surface area contributed by atoms with E-state index in [9.17, 15) is 9.90 Å². The number of ether oxygens (including phenoxy) is 2. The van der Waals surface area contributed by atoms with Crippen LogP contribution in [-0.4, -0.2) is 35.5 Å². The van der Waals surface area contributed by atoms with E-state index in [-0.39, 0.29) is 34.6 Å². The van der Waals surface area contributed by atoms with E-state index in [1.54, 1.807) is 0 Å². The number of carbonyl (C=O) groups is 1. The number of aliphatic hydroxyl groups excluding tert-OH is 1. The molecule has 2 saturated carbocycles. The second kappa shape index (κ2) is 6.63. The van der Waals surface area contributed by atoms with Gasteiger partial charge < -0.3 is 14.6 Å². The van der Waals surface area contributed by atoms with E-state index in [0.717, 1.165) is 19.3 Å². The van der Waals surface area contributed by atoms with Crippen LogP contribution in [-0.2, 0) is 14.3 Å². The zero-order valence-corrected chi connectivity index (χ0v) is 17.3. The zero-order chi connectivity index (χ0) is 19.3. The van der Waals surface area contributed by atoms with Crippen molar-refractivity contribution in [1.82, 2.24) is 0 Å². The van der Waals surface area contributed by atoms with Crippen LogP contribution in [0.1, 0.15) is 73.6 Å². The van der Waals surface area contributed by atoms with Crippen molar-refractivity contribution in [2.75, 3.05) is 6.61 Å². The second-order valence-electron chi connectivity index (χ2n) is 9.72. The van der Waals surface area contributed by atoms with E-state index in [2.05, 4.69) is 34.6 Å². The lowest BCUT2D eigenvalue weighted by Gasteiger charge is -2.59. The molecule has 148 valence electrons. The Balaban J connectivity index is 1.75. The number of hydrogen-bond donors (Lipinski definition) is 1. The van der Waals surface area contributed by atoms with Gasteiger partial charge in [-0.15, -0.1) is 0 Å². The minimum atomic E-state index is -0.330. The number of fused-ring (bicyclic) bond motifs is 3. The molecule has 0 aromatic rings. The molecular formula is C22H36O4. The van der Waals surface area contributed by atoms with Gasteiger partial charge in [0.2, 0.25) is 0 Å². The Kier molecular flexibility index (Phi) is 5.07. The lowest BCUT2D eigenvalue weighted by Crippen LogP contribution is -2.58. The van der Waals surface area contributed by atoms with Crippen LogP contribution in [0.3, 0.4) is 0 Å². The molecular weight excluding hydrogens is 328 g/mol. The smallest absolute Gasteiger partial charge is 0.302 e. The lowest BCUT2D eigenvalue weighted by molar-refractivity contribution is -0.139. The summed E-state index contributed by atoms with van der Waals surface area (Å²) in [5.74, 6) is 0.868. The van der Waals surface area contributed by atoms with Gasteiger partial charge in [-0.2, -0.15) is 0 Å². The van der Waals surface area contributed by atoms with Gasteiger partial charge >= 0.3 is 5.97 Å². The molecule has 26 heavy (non-hydrogen) atoms. The highest BCUT2D eigenvalue weighted by atomic mass is 16.6. The van der Waals surface area contributed by atoms with Gasteiger partial charge in [-0.3, -0.25) is 4.79 Å². The van der Waals surface area contributed by atoms with Gasteiger partial charge in [0.15, 0.2) is 0 Å². The minimum absolute atomic E-state index is 0.0340. The molecule has 3 rings (SSSR count). The molecule has 1 aliphatic heterocycles. The molecule has 0 spiro atoms. The quantitative estimate of drug-likeness (QED) is 0.450. The van der Waals surface area contributed by atoms with E-state index in [1.807, 2.05) is 6.08 Å². The van der Waals surface area contributed by atoms with E-state index in [0.29, 0.717) is 18.4 Å². The summed E-state index contributed by atoms with van der Waals surface area (Å²) >= 11 is 0. The van der Waals surface area contributed by atoms with Gasteiger partial charge in [-0.25, -0.2) is 0 Å². The highest BCUT2D eigenvalue weighted by Gasteiger charge is 2.74. The molecule has 1 saturated heterocycles. The topological polar surface area (TPSA) is 59.1 Å². The molecule has 0 bridgehead atoms. The average molecular weight is 365 g/mol. The van der Waals surface area contributed by atoms with Crippen LogP contribution in [0.5, 0.6) is 0 Å². The van der Waals surface area contributed by atoms with Crippen molar-refractivity contribution in [3.63, 3.8) is 0 Å². The lowest BCUT2D eigenvalue weighted by atomic mass is 9.44. The fraction of sp³-hybridized carbons (Fsp3) is 0.864. The monoisotopic (exact) mass is 364 g/mol. The average Bonchev–Trinajstić information content (AvgIpc) is 3.27. The Morgan fingerprint density at radius 1 is 1.31 bits per heavy atom. The van der Waals surface area contributed by atoms with Crippen molar-refractivity contribution >= 4 is 5.97 Å². The van der Waals surface area contributed by atoms with Crippen molar-refractivity contribution < 1.29 is 19.4 Å². The maximum Gasteiger partial charge on any atom is 0.302 e. The van der Waals surface area contributed by atoms with Crippen molar-refractivity contribution in [2.24, 2.45) is 22.7 Å². The fourth-order valence-electron chi connectivity index (χ4n) is 6.01. The molecule has 1 heterocycles. The Morgan fingerprint density at radius 3 is 2.65 bits per heavy atom. The van der Waals surface area contributed by atoms with Crippen LogP contribution in [0.25, 0.3) is 0 Å². The summed E-state index contributed by atoms with van der Waals surface area (Å²) in [5.41, 5.74) is 1.45. The second-order valence-corrected chi connectivity index (χ2v) is 9.72. The molecule has 2 aliphatic carbocycles. The fourth-order valence-corrected chi connectivity index (χ4v) is 6.01. The molecule has 7 unspecified atom stereocenters. The Labute approximate surface area is 158 Å². The predicted molar refractivity (Wildman–Crippen MR) is 102 cm³/mol. The van der Waals surface area contributed by atoms with Crippen LogP contribution in [0, 0.1) is 22.7 Å². The number of epoxide rings is 1. The third kappa shape index (κ3) is 3.03. The van der Waals surface area contributed by atoms with Gasteiger partial charge in [0.05, 0.1) is 6.10 Å². The number of carbonyl (C=O) groups excluding carboxylic acids is 1. The van der Waals surface area contributed by atoms with Crippen molar-refractivity contribution in [3.05, 3.63) is 11.6 Å². The van der Waals surface area contributed by atoms with Crippen LogP contribution >= 0.6 is 0 Å². The van der Waals surface area contributed by atoms with E-state index in [4.69, 9.17) is 9.47 Å². The van der Waals surface area contributed by atoms with Crippen molar-refractivity contribution in [2.45, 2.75) is 91.5 Å². The van der Waals surface area contributed by atoms with Gasteiger partial charge in [0.1, 0.15) is 18.3 Å². The van der Waals surface area contributed by atoms with Crippen molar-refractivity contribution in [3.8, 4) is 0 Å². The van der Waals surface area contributed by atoms with Crippen LogP contribution in [0.15, 0.2) is 11.6 Å². The molecule has 0 aromatic heterocycles. The van der Waals surface area contributed by atoms with Gasteiger partial charge in [0, 0.05) is 12.3 Å². The molecule has 0 aromatic carbocycles. The molecule has 4 nitrogen and oxygen atoms in total.